The van der Waals surface area contributed by atoms with E-state index in [1.54, 1.807) is 0 Å². The molecular formula is C24H21N3O. The molecule has 0 spiro atoms. The van der Waals surface area contributed by atoms with Crippen molar-refractivity contribution in [2.75, 3.05) is 5.32 Å². The van der Waals surface area contributed by atoms with Crippen molar-refractivity contribution >= 4 is 22.6 Å². The van der Waals surface area contributed by atoms with Crippen LogP contribution in [0.3, 0.4) is 0 Å². The highest BCUT2D eigenvalue weighted by atomic mass is 16.1. The number of amides is 1. The van der Waals surface area contributed by atoms with Gasteiger partial charge in [0.1, 0.15) is 5.82 Å². The third-order valence-corrected chi connectivity index (χ3v) is 4.65. The van der Waals surface area contributed by atoms with Gasteiger partial charge < -0.3 is 5.32 Å². The standard InChI is InChI=1S/C24H21N3O/c1-15-8-10-18(11-9-15)22-14-20(19-6-4-5-7-21(19)26-22)24(28)27-23-13-16(2)12-17(3)25-23/h4-14H,1-3H3,(H,25,27,28). The van der Waals surface area contributed by atoms with Crippen molar-refractivity contribution in [3.05, 3.63) is 89.1 Å². The summed E-state index contributed by atoms with van der Waals surface area (Å²) in [4.78, 5) is 22.3. The number of benzene rings is 2. The summed E-state index contributed by atoms with van der Waals surface area (Å²) in [5.41, 5.74) is 6.25. The second-order valence-electron chi connectivity index (χ2n) is 7.06. The third kappa shape index (κ3) is 3.62. The van der Waals surface area contributed by atoms with Gasteiger partial charge >= 0.3 is 0 Å². The van der Waals surface area contributed by atoms with Crippen LogP contribution >= 0.6 is 0 Å². The maximum Gasteiger partial charge on any atom is 0.257 e. The van der Waals surface area contributed by atoms with Gasteiger partial charge in [0.15, 0.2) is 0 Å². The maximum absolute atomic E-state index is 13.1. The summed E-state index contributed by atoms with van der Waals surface area (Å²) in [6, 6.07) is 21.6. The van der Waals surface area contributed by atoms with Crippen molar-refractivity contribution in [3.63, 3.8) is 0 Å². The average Bonchev–Trinajstić information content (AvgIpc) is 2.67. The van der Waals surface area contributed by atoms with Crippen LogP contribution in [0.15, 0.2) is 66.7 Å². The molecule has 0 saturated carbocycles. The van der Waals surface area contributed by atoms with Crippen LogP contribution in [0, 0.1) is 20.8 Å². The Morgan fingerprint density at radius 2 is 1.57 bits per heavy atom. The molecule has 1 amide bonds. The molecule has 4 heteroatoms. The molecule has 2 aromatic heterocycles. The van der Waals surface area contributed by atoms with E-state index in [0.717, 1.165) is 33.4 Å². The van der Waals surface area contributed by atoms with Gasteiger partial charge in [0, 0.05) is 16.6 Å². The Bertz CT molecular complexity index is 1160. The summed E-state index contributed by atoms with van der Waals surface area (Å²) in [6.45, 7) is 5.95. The van der Waals surface area contributed by atoms with Crippen LogP contribution in [0.25, 0.3) is 22.2 Å². The van der Waals surface area contributed by atoms with E-state index < -0.39 is 0 Å². The normalized spacial score (nSPS) is 10.8. The molecule has 4 aromatic rings. The zero-order chi connectivity index (χ0) is 19.7. The molecule has 138 valence electrons. The summed E-state index contributed by atoms with van der Waals surface area (Å²) in [6.07, 6.45) is 0. The zero-order valence-corrected chi connectivity index (χ0v) is 16.2. The van der Waals surface area contributed by atoms with Gasteiger partial charge in [-0.1, -0.05) is 48.0 Å². The Balaban J connectivity index is 1.80. The van der Waals surface area contributed by atoms with Crippen molar-refractivity contribution < 1.29 is 4.79 Å². The van der Waals surface area contributed by atoms with E-state index in [2.05, 4.69) is 10.3 Å². The summed E-state index contributed by atoms with van der Waals surface area (Å²) in [7, 11) is 0. The van der Waals surface area contributed by atoms with Gasteiger partial charge in [-0.3, -0.25) is 4.79 Å². The van der Waals surface area contributed by atoms with Crippen molar-refractivity contribution in [1.82, 2.24) is 9.97 Å². The first-order chi connectivity index (χ1) is 13.5. The van der Waals surface area contributed by atoms with E-state index in [0.29, 0.717) is 11.4 Å². The molecule has 4 nitrogen and oxygen atoms in total. The van der Waals surface area contributed by atoms with Gasteiger partial charge in [-0.25, -0.2) is 9.97 Å². The largest absolute Gasteiger partial charge is 0.307 e. The SMILES string of the molecule is Cc1ccc(-c2cc(C(=O)Nc3cc(C)cc(C)n3)c3ccccc3n2)cc1. The molecule has 0 bridgehead atoms. The number of aryl methyl sites for hydroxylation is 3. The molecule has 0 aliphatic carbocycles. The Labute approximate surface area is 164 Å². The number of hydrogen-bond donors (Lipinski definition) is 1. The van der Waals surface area contributed by atoms with E-state index in [1.165, 1.54) is 5.56 Å². The van der Waals surface area contributed by atoms with Gasteiger partial charge in [-0.2, -0.15) is 0 Å². The molecule has 0 saturated heterocycles. The second-order valence-corrected chi connectivity index (χ2v) is 7.06. The molecule has 0 aliphatic rings. The molecule has 4 rings (SSSR count). The van der Waals surface area contributed by atoms with E-state index in [-0.39, 0.29) is 5.91 Å². The monoisotopic (exact) mass is 367 g/mol. The van der Waals surface area contributed by atoms with Gasteiger partial charge in [-0.15, -0.1) is 0 Å². The number of anilines is 1. The molecule has 0 atom stereocenters. The van der Waals surface area contributed by atoms with Crippen LogP contribution in [0.4, 0.5) is 5.82 Å². The summed E-state index contributed by atoms with van der Waals surface area (Å²) in [5, 5.41) is 3.76. The minimum Gasteiger partial charge on any atom is -0.307 e. The molecule has 2 aromatic carbocycles. The van der Waals surface area contributed by atoms with E-state index in [9.17, 15) is 4.79 Å². The first-order valence-electron chi connectivity index (χ1n) is 9.23. The Kier molecular flexibility index (Phi) is 4.62. The van der Waals surface area contributed by atoms with Crippen molar-refractivity contribution in [2.24, 2.45) is 0 Å². The smallest absolute Gasteiger partial charge is 0.257 e. The molecule has 2 heterocycles. The lowest BCUT2D eigenvalue weighted by Gasteiger charge is -2.11. The van der Waals surface area contributed by atoms with Gasteiger partial charge in [0.2, 0.25) is 0 Å². The number of aromatic nitrogens is 2. The Morgan fingerprint density at radius 1 is 0.821 bits per heavy atom. The number of carbonyl (C=O) groups excluding carboxylic acids is 1. The Hall–Kier alpha value is -3.53. The fourth-order valence-corrected chi connectivity index (χ4v) is 3.32. The number of nitrogens with one attached hydrogen (secondary N) is 1. The number of nitrogens with zero attached hydrogens (tertiary/aromatic N) is 2. The molecule has 0 aliphatic heterocycles. The number of pyridine rings is 2. The second kappa shape index (κ2) is 7.24. The first-order valence-corrected chi connectivity index (χ1v) is 9.23. The van der Waals surface area contributed by atoms with Crippen LogP contribution < -0.4 is 5.32 Å². The van der Waals surface area contributed by atoms with Crippen molar-refractivity contribution in [3.8, 4) is 11.3 Å². The molecule has 0 radical (unpaired) electrons. The molecular weight excluding hydrogens is 346 g/mol. The highest BCUT2D eigenvalue weighted by Gasteiger charge is 2.15. The number of carbonyl (C=O) groups is 1. The first kappa shape index (κ1) is 17.9. The van der Waals surface area contributed by atoms with Crippen LogP contribution in [0.5, 0.6) is 0 Å². The number of fused-ring (bicyclic) bond motifs is 1. The van der Waals surface area contributed by atoms with E-state index in [4.69, 9.17) is 4.98 Å². The van der Waals surface area contributed by atoms with Crippen LogP contribution in [-0.2, 0) is 0 Å². The number of rotatable bonds is 3. The predicted octanol–water partition coefficient (Wildman–Crippen LogP) is 5.47. The van der Waals surface area contributed by atoms with E-state index >= 15 is 0 Å². The lowest BCUT2D eigenvalue weighted by molar-refractivity contribution is 0.102. The molecule has 28 heavy (non-hydrogen) atoms. The number of para-hydroxylation sites is 1. The highest BCUT2D eigenvalue weighted by molar-refractivity contribution is 6.12. The topological polar surface area (TPSA) is 54.9 Å². The lowest BCUT2D eigenvalue weighted by Crippen LogP contribution is -2.14. The molecule has 0 fully saturated rings. The third-order valence-electron chi connectivity index (χ3n) is 4.65. The summed E-state index contributed by atoms with van der Waals surface area (Å²) >= 11 is 0. The maximum atomic E-state index is 13.1. The Morgan fingerprint density at radius 3 is 2.32 bits per heavy atom. The average molecular weight is 367 g/mol. The van der Waals surface area contributed by atoms with Gasteiger partial charge in [0.25, 0.3) is 5.91 Å². The molecule has 0 unspecified atom stereocenters. The van der Waals surface area contributed by atoms with Crippen molar-refractivity contribution in [2.45, 2.75) is 20.8 Å². The zero-order valence-electron chi connectivity index (χ0n) is 16.2. The fraction of sp³-hybridized carbons (Fsp3) is 0.125. The van der Waals surface area contributed by atoms with Crippen LogP contribution in [0.2, 0.25) is 0 Å². The van der Waals surface area contributed by atoms with Crippen LogP contribution in [-0.4, -0.2) is 15.9 Å². The summed E-state index contributed by atoms with van der Waals surface area (Å²) in [5.74, 6) is 0.366. The summed E-state index contributed by atoms with van der Waals surface area (Å²) < 4.78 is 0. The predicted molar refractivity (Wildman–Crippen MR) is 114 cm³/mol. The highest BCUT2D eigenvalue weighted by Crippen LogP contribution is 2.26. The minimum atomic E-state index is -0.190. The minimum absolute atomic E-state index is 0.190. The molecule has 1 N–H and O–H groups in total. The number of hydrogen-bond acceptors (Lipinski definition) is 3. The van der Waals surface area contributed by atoms with Gasteiger partial charge in [0.05, 0.1) is 16.8 Å². The fourth-order valence-electron chi connectivity index (χ4n) is 3.32. The van der Waals surface area contributed by atoms with Crippen molar-refractivity contribution in [1.29, 1.82) is 0 Å². The quantitative estimate of drug-likeness (QED) is 0.522. The lowest BCUT2D eigenvalue weighted by atomic mass is 10.0. The van der Waals surface area contributed by atoms with Gasteiger partial charge in [-0.05, 0) is 50.6 Å². The van der Waals surface area contributed by atoms with E-state index in [1.807, 2.05) is 87.5 Å². The van der Waals surface area contributed by atoms with Crippen LogP contribution in [0.1, 0.15) is 27.2 Å².